The van der Waals surface area contributed by atoms with Gasteiger partial charge in [-0.1, -0.05) is 12.1 Å². The number of nitrogens with two attached hydrogens (primary N) is 1. The van der Waals surface area contributed by atoms with Crippen LogP contribution in [0.1, 0.15) is 18.5 Å². The van der Waals surface area contributed by atoms with Crippen molar-refractivity contribution in [1.82, 2.24) is 4.90 Å². The number of likely N-dealkylation sites (N-methyl/N-ethyl adjacent to an activating group) is 1. The summed E-state index contributed by atoms with van der Waals surface area (Å²) in [5.41, 5.74) is 7.00. The number of hydrogen-bond donors (Lipinski definition) is 1. The molecule has 2 unspecified atom stereocenters. The summed E-state index contributed by atoms with van der Waals surface area (Å²) < 4.78 is 16.1. The molecule has 20 heavy (non-hydrogen) atoms. The molecule has 1 rings (SSSR count). The molecule has 0 saturated carbocycles. The fraction of sp³-hybridized carbons (Fsp3) is 0.600. The first kappa shape index (κ1) is 16.8. The molecular weight excluding hydrogens is 256 g/mol. The number of methoxy groups -OCH3 is 3. The Kier molecular flexibility index (Phi) is 6.78. The van der Waals surface area contributed by atoms with Crippen molar-refractivity contribution in [2.24, 2.45) is 5.73 Å². The maximum atomic E-state index is 5.98. The highest BCUT2D eigenvalue weighted by Crippen LogP contribution is 2.36. The molecule has 0 aliphatic carbocycles. The standard InChI is InChI=1S/C15H26N2O3/c1-11(10-18-3)17(2)13(9-16)12-7-6-8-14(19-4)15(12)20-5/h6-8,11,13H,9-10,16H2,1-5H3. The molecule has 0 bridgehead atoms. The summed E-state index contributed by atoms with van der Waals surface area (Å²) in [6, 6.07) is 6.16. The summed E-state index contributed by atoms with van der Waals surface area (Å²) in [6.45, 7) is 3.26. The number of nitrogens with zero attached hydrogens (tertiary/aromatic N) is 1. The summed E-state index contributed by atoms with van der Waals surface area (Å²) in [5.74, 6) is 1.46. The van der Waals surface area contributed by atoms with E-state index in [1.54, 1.807) is 21.3 Å². The monoisotopic (exact) mass is 282 g/mol. The van der Waals surface area contributed by atoms with Crippen LogP contribution in [0, 0.1) is 0 Å². The molecule has 2 N–H and O–H groups in total. The van der Waals surface area contributed by atoms with E-state index in [0.717, 1.165) is 17.1 Å². The highest BCUT2D eigenvalue weighted by Gasteiger charge is 2.24. The van der Waals surface area contributed by atoms with E-state index in [2.05, 4.69) is 11.8 Å². The van der Waals surface area contributed by atoms with Crippen LogP contribution in [0.15, 0.2) is 18.2 Å². The molecule has 0 fully saturated rings. The minimum Gasteiger partial charge on any atom is -0.493 e. The van der Waals surface area contributed by atoms with E-state index in [4.69, 9.17) is 19.9 Å². The first-order chi connectivity index (χ1) is 9.60. The molecule has 0 radical (unpaired) electrons. The van der Waals surface area contributed by atoms with Crippen molar-refractivity contribution >= 4 is 0 Å². The number of hydrogen-bond acceptors (Lipinski definition) is 5. The van der Waals surface area contributed by atoms with E-state index in [1.807, 2.05) is 25.2 Å². The minimum absolute atomic E-state index is 0.0465. The zero-order valence-electron chi connectivity index (χ0n) is 13.1. The molecule has 1 aromatic rings. The van der Waals surface area contributed by atoms with Gasteiger partial charge in [0.25, 0.3) is 0 Å². The molecule has 5 nitrogen and oxygen atoms in total. The SMILES string of the molecule is COCC(C)N(C)C(CN)c1cccc(OC)c1OC. The molecule has 0 saturated heterocycles. The van der Waals surface area contributed by atoms with E-state index >= 15 is 0 Å². The van der Waals surface area contributed by atoms with Crippen LogP contribution in [0.5, 0.6) is 11.5 Å². The van der Waals surface area contributed by atoms with E-state index < -0.39 is 0 Å². The summed E-state index contributed by atoms with van der Waals surface area (Å²) >= 11 is 0. The van der Waals surface area contributed by atoms with Crippen LogP contribution in [0.4, 0.5) is 0 Å². The van der Waals surface area contributed by atoms with Gasteiger partial charge in [0.15, 0.2) is 11.5 Å². The number of benzene rings is 1. The molecular formula is C15H26N2O3. The van der Waals surface area contributed by atoms with Gasteiger partial charge in [0.2, 0.25) is 0 Å². The van der Waals surface area contributed by atoms with Gasteiger partial charge >= 0.3 is 0 Å². The lowest BCUT2D eigenvalue weighted by Gasteiger charge is -2.33. The normalized spacial score (nSPS) is 14.2. The average Bonchev–Trinajstić information content (AvgIpc) is 2.47. The Morgan fingerprint density at radius 1 is 1.20 bits per heavy atom. The summed E-state index contributed by atoms with van der Waals surface area (Å²) in [4.78, 5) is 2.20. The average molecular weight is 282 g/mol. The van der Waals surface area contributed by atoms with Crippen molar-refractivity contribution in [3.63, 3.8) is 0 Å². The predicted octanol–water partition coefficient (Wildman–Crippen LogP) is 1.67. The molecule has 0 spiro atoms. The summed E-state index contributed by atoms with van der Waals surface area (Å²) in [7, 11) is 7.03. The van der Waals surface area contributed by atoms with Gasteiger partial charge in [0, 0.05) is 25.3 Å². The molecule has 1 aromatic carbocycles. The van der Waals surface area contributed by atoms with Crippen molar-refractivity contribution in [3.8, 4) is 11.5 Å². The Balaban J connectivity index is 3.11. The Bertz CT molecular complexity index is 412. The molecule has 0 aliphatic rings. The van der Waals surface area contributed by atoms with Crippen LogP contribution in [0.2, 0.25) is 0 Å². The van der Waals surface area contributed by atoms with Crippen molar-refractivity contribution in [2.45, 2.75) is 19.0 Å². The predicted molar refractivity (Wildman–Crippen MR) is 80.4 cm³/mol. The third-order valence-electron chi connectivity index (χ3n) is 3.61. The number of para-hydroxylation sites is 1. The van der Waals surface area contributed by atoms with Crippen LogP contribution in [0.25, 0.3) is 0 Å². The number of ether oxygens (including phenoxy) is 3. The smallest absolute Gasteiger partial charge is 0.165 e. The first-order valence-electron chi connectivity index (χ1n) is 6.72. The van der Waals surface area contributed by atoms with Crippen LogP contribution in [-0.2, 0) is 4.74 Å². The largest absolute Gasteiger partial charge is 0.493 e. The highest BCUT2D eigenvalue weighted by atomic mass is 16.5. The Morgan fingerprint density at radius 2 is 1.90 bits per heavy atom. The fourth-order valence-electron chi connectivity index (χ4n) is 2.35. The van der Waals surface area contributed by atoms with Crippen LogP contribution < -0.4 is 15.2 Å². The van der Waals surface area contributed by atoms with Crippen LogP contribution >= 0.6 is 0 Å². The van der Waals surface area contributed by atoms with Gasteiger partial charge in [-0.25, -0.2) is 0 Å². The lowest BCUT2D eigenvalue weighted by Crippen LogP contribution is -2.39. The molecule has 0 heterocycles. The van der Waals surface area contributed by atoms with E-state index in [1.165, 1.54) is 0 Å². The zero-order valence-corrected chi connectivity index (χ0v) is 13.1. The fourth-order valence-corrected chi connectivity index (χ4v) is 2.35. The van der Waals surface area contributed by atoms with E-state index in [9.17, 15) is 0 Å². The quantitative estimate of drug-likeness (QED) is 0.786. The van der Waals surface area contributed by atoms with Gasteiger partial charge in [0.05, 0.1) is 26.9 Å². The lowest BCUT2D eigenvalue weighted by molar-refractivity contribution is 0.0901. The minimum atomic E-state index is 0.0465. The van der Waals surface area contributed by atoms with Gasteiger partial charge in [-0.3, -0.25) is 4.90 Å². The molecule has 0 aromatic heterocycles. The second-order valence-electron chi connectivity index (χ2n) is 4.80. The van der Waals surface area contributed by atoms with Gasteiger partial charge in [0.1, 0.15) is 0 Å². The van der Waals surface area contributed by atoms with Crippen molar-refractivity contribution < 1.29 is 14.2 Å². The topological polar surface area (TPSA) is 57.0 Å². The number of rotatable bonds is 8. The molecule has 5 heteroatoms. The van der Waals surface area contributed by atoms with E-state index in [-0.39, 0.29) is 12.1 Å². The Morgan fingerprint density at radius 3 is 2.40 bits per heavy atom. The van der Waals surface area contributed by atoms with E-state index in [0.29, 0.717) is 13.2 Å². The van der Waals surface area contributed by atoms with Crippen LogP contribution in [-0.4, -0.2) is 52.5 Å². The third-order valence-corrected chi connectivity index (χ3v) is 3.61. The maximum Gasteiger partial charge on any atom is 0.165 e. The Hall–Kier alpha value is -1.30. The Labute approximate surface area is 121 Å². The molecule has 2 atom stereocenters. The molecule has 114 valence electrons. The van der Waals surface area contributed by atoms with Gasteiger partial charge in [-0.15, -0.1) is 0 Å². The van der Waals surface area contributed by atoms with Gasteiger partial charge < -0.3 is 19.9 Å². The third kappa shape index (κ3) is 3.62. The second kappa shape index (κ2) is 8.09. The van der Waals surface area contributed by atoms with Crippen molar-refractivity contribution in [2.75, 3.05) is 41.5 Å². The molecule has 0 amide bonds. The lowest BCUT2D eigenvalue weighted by atomic mass is 10.0. The summed E-state index contributed by atoms with van der Waals surface area (Å²) in [6.07, 6.45) is 0. The van der Waals surface area contributed by atoms with Crippen molar-refractivity contribution in [1.29, 1.82) is 0 Å². The first-order valence-corrected chi connectivity index (χ1v) is 6.72. The molecule has 0 aliphatic heterocycles. The zero-order chi connectivity index (χ0) is 15.1. The second-order valence-corrected chi connectivity index (χ2v) is 4.80. The maximum absolute atomic E-state index is 5.98. The van der Waals surface area contributed by atoms with Crippen LogP contribution in [0.3, 0.4) is 0 Å². The van der Waals surface area contributed by atoms with Gasteiger partial charge in [-0.2, -0.15) is 0 Å². The van der Waals surface area contributed by atoms with Crippen molar-refractivity contribution in [3.05, 3.63) is 23.8 Å². The van der Waals surface area contributed by atoms with Gasteiger partial charge in [-0.05, 0) is 20.0 Å². The highest BCUT2D eigenvalue weighted by molar-refractivity contribution is 5.48. The summed E-state index contributed by atoms with van der Waals surface area (Å²) in [5, 5.41) is 0.